The molecule has 0 atom stereocenters. The quantitative estimate of drug-likeness (QED) is 0.435. The van der Waals surface area contributed by atoms with Gasteiger partial charge in [-0.05, 0) is 50.1 Å². The fraction of sp³-hybridized carbons (Fsp3) is 0.368. The summed E-state index contributed by atoms with van der Waals surface area (Å²) in [4.78, 5) is 0. The Morgan fingerprint density at radius 1 is 0.783 bits per heavy atom. The lowest BCUT2D eigenvalue weighted by atomic mass is 10.1. The molecule has 2 rings (SSSR count). The molecule has 0 radical (unpaired) electrons. The van der Waals surface area contributed by atoms with Crippen LogP contribution in [-0.2, 0) is 0 Å². The summed E-state index contributed by atoms with van der Waals surface area (Å²) in [5, 5.41) is 0.810. The average molecular weight is 347 g/mol. The summed E-state index contributed by atoms with van der Waals surface area (Å²) in [6.07, 6.45) is 0. The molecule has 130 valence electrons. The lowest BCUT2D eigenvalue weighted by Crippen LogP contribution is -1.96. The molecule has 0 aliphatic carbocycles. The molecule has 0 bridgehead atoms. The summed E-state index contributed by atoms with van der Waals surface area (Å²) in [6.45, 7) is 12.5. The smallest absolute Gasteiger partial charge is 0.164 e. The van der Waals surface area contributed by atoms with Gasteiger partial charge in [-0.15, -0.1) is 0 Å². The number of hydrogen-bond donors (Lipinski definition) is 0. The van der Waals surface area contributed by atoms with E-state index < -0.39 is 17.5 Å². The summed E-state index contributed by atoms with van der Waals surface area (Å²) >= 11 is 5.64. The van der Waals surface area contributed by atoms with E-state index in [1.165, 1.54) is 19.4 Å². The highest BCUT2D eigenvalue weighted by molar-refractivity contribution is 6.30. The minimum Gasteiger partial charge on any atom is -0.207 e. The van der Waals surface area contributed by atoms with Gasteiger partial charge in [-0.25, -0.2) is 13.2 Å². The zero-order valence-electron chi connectivity index (χ0n) is 14.9. The maximum absolute atomic E-state index is 12.6. The standard InChI is InChI=1S/C8H7F3.C7H7Cl.2C2H6/c1-4-3-6(9)5(2)8(11)7(4)10;1-6-3-2-4-7(8)5-6;2*1-2/h3H,1-2H3;2-5H,1H3;2*1-2H3. The molecule has 0 saturated heterocycles. The fourth-order valence-corrected chi connectivity index (χ4v) is 1.65. The third-order valence-corrected chi connectivity index (χ3v) is 2.78. The number of benzene rings is 2. The minimum atomic E-state index is -1.09. The predicted octanol–water partition coefficient (Wildman–Crippen LogP) is 7.42. The minimum absolute atomic E-state index is 0.00870. The molecule has 0 fully saturated rings. The Hall–Kier alpha value is -1.48. The fourth-order valence-electron chi connectivity index (χ4n) is 1.41. The molecule has 4 heteroatoms. The van der Waals surface area contributed by atoms with Crippen molar-refractivity contribution < 1.29 is 13.2 Å². The molecule has 0 aromatic heterocycles. The molecule has 0 amide bonds. The molecule has 0 nitrogen and oxygen atoms in total. The van der Waals surface area contributed by atoms with Gasteiger partial charge in [0.2, 0.25) is 0 Å². The number of halogens is 4. The largest absolute Gasteiger partial charge is 0.207 e. The second-order valence-corrected chi connectivity index (χ2v) is 4.66. The molecular formula is C19H26ClF3. The molecule has 0 heterocycles. The lowest BCUT2D eigenvalue weighted by Gasteiger charge is -2.01. The first-order chi connectivity index (χ1) is 10.8. The highest BCUT2D eigenvalue weighted by Gasteiger charge is 2.12. The van der Waals surface area contributed by atoms with Crippen LogP contribution >= 0.6 is 11.6 Å². The van der Waals surface area contributed by atoms with Crippen molar-refractivity contribution in [3.05, 3.63) is 69.5 Å². The van der Waals surface area contributed by atoms with E-state index in [1.54, 1.807) is 0 Å². The van der Waals surface area contributed by atoms with E-state index in [0.29, 0.717) is 0 Å². The van der Waals surface area contributed by atoms with Crippen LogP contribution in [0.5, 0.6) is 0 Å². The van der Waals surface area contributed by atoms with E-state index in [1.807, 2.05) is 58.9 Å². The van der Waals surface area contributed by atoms with Crippen LogP contribution in [0.4, 0.5) is 13.2 Å². The Bertz CT molecular complexity index is 538. The monoisotopic (exact) mass is 346 g/mol. The molecule has 0 N–H and O–H groups in total. The van der Waals surface area contributed by atoms with E-state index in [2.05, 4.69) is 0 Å². The van der Waals surface area contributed by atoms with Crippen LogP contribution < -0.4 is 0 Å². The van der Waals surface area contributed by atoms with Crippen molar-refractivity contribution >= 4 is 11.6 Å². The number of hydrogen-bond acceptors (Lipinski definition) is 0. The summed E-state index contributed by atoms with van der Waals surface area (Å²) in [5.74, 6) is -2.77. The average Bonchev–Trinajstić information content (AvgIpc) is 2.55. The van der Waals surface area contributed by atoms with Crippen molar-refractivity contribution in [2.24, 2.45) is 0 Å². The first-order valence-electron chi connectivity index (χ1n) is 7.65. The van der Waals surface area contributed by atoms with Gasteiger partial charge in [-0.2, -0.15) is 0 Å². The van der Waals surface area contributed by atoms with Crippen LogP contribution in [0.15, 0.2) is 30.3 Å². The van der Waals surface area contributed by atoms with Crippen molar-refractivity contribution in [3.8, 4) is 0 Å². The number of rotatable bonds is 0. The van der Waals surface area contributed by atoms with E-state index in [4.69, 9.17) is 11.6 Å². The summed E-state index contributed by atoms with van der Waals surface area (Å²) in [6, 6.07) is 8.74. The summed E-state index contributed by atoms with van der Waals surface area (Å²) in [5.41, 5.74) is 0.927. The van der Waals surface area contributed by atoms with Crippen LogP contribution in [0.1, 0.15) is 44.4 Å². The van der Waals surface area contributed by atoms with Gasteiger partial charge in [0.25, 0.3) is 0 Å². The third kappa shape index (κ3) is 8.65. The Morgan fingerprint density at radius 2 is 1.30 bits per heavy atom. The van der Waals surface area contributed by atoms with Gasteiger partial charge in [0.1, 0.15) is 5.82 Å². The maximum atomic E-state index is 12.6. The van der Waals surface area contributed by atoms with Gasteiger partial charge in [-0.3, -0.25) is 0 Å². The van der Waals surface area contributed by atoms with E-state index in [9.17, 15) is 13.2 Å². The molecule has 2 aromatic rings. The van der Waals surface area contributed by atoms with E-state index >= 15 is 0 Å². The van der Waals surface area contributed by atoms with Crippen molar-refractivity contribution in [3.63, 3.8) is 0 Å². The molecule has 23 heavy (non-hydrogen) atoms. The van der Waals surface area contributed by atoms with Crippen molar-refractivity contribution in [2.45, 2.75) is 48.5 Å². The first-order valence-corrected chi connectivity index (χ1v) is 8.03. The van der Waals surface area contributed by atoms with Gasteiger partial charge in [0.15, 0.2) is 11.6 Å². The van der Waals surface area contributed by atoms with Crippen molar-refractivity contribution in [1.82, 2.24) is 0 Å². The Kier molecular flexibility index (Phi) is 13.4. The Balaban J connectivity index is 0. The van der Waals surface area contributed by atoms with Gasteiger partial charge in [0.05, 0.1) is 0 Å². The van der Waals surface area contributed by atoms with Crippen molar-refractivity contribution in [2.75, 3.05) is 0 Å². The lowest BCUT2D eigenvalue weighted by molar-refractivity contribution is 0.480. The van der Waals surface area contributed by atoms with Gasteiger partial charge >= 0.3 is 0 Å². The van der Waals surface area contributed by atoms with Gasteiger partial charge < -0.3 is 0 Å². The first kappa shape index (κ1) is 23.8. The summed E-state index contributed by atoms with van der Waals surface area (Å²) < 4.78 is 37.9. The Morgan fingerprint density at radius 3 is 1.70 bits per heavy atom. The zero-order valence-corrected chi connectivity index (χ0v) is 15.7. The maximum Gasteiger partial charge on any atom is 0.164 e. The SMILES string of the molecule is CC.CC.Cc1cc(F)c(C)c(F)c1F.Cc1cccc(Cl)c1. The van der Waals surface area contributed by atoms with Crippen LogP contribution in [0.3, 0.4) is 0 Å². The molecule has 0 unspecified atom stereocenters. The molecule has 0 aliphatic heterocycles. The van der Waals surface area contributed by atoms with Gasteiger partial charge in [-0.1, -0.05) is 51.4 Å². The third-order valence-electron chi connectivity index (χ3n) is 2.55. The van der Waals surface area contributed by atoms with Crippen LogP contribution in [-0.4, -0.2) is 0 Å². The second kappa shape index (κ2) is 13.0. The van der Waals surface area contributed by atoms with E-state index in [0.717, 1.165) is 11.1 Å². The van der Waals surface area contributed by atoms with Crippen LogP contribution in [0, 0.1) is 38.2 Å². The van der Waals surface area contributed by atoms with E-state index in [-0.39, 0.29) is 11.1 Å². The Labute approximate surface area is 143 Å². The van der Waals surface area contributed by atoms with Crippen LogP contribution in [0.2, 0.25) is 5.02 Å². The topological polar surface area (TPSA) is 0 Å². The second-order valence-electron chi connectivity index (χ2n) is 4.23. The summed E-state index contributed by atoms with van der Waals surface area (Å²) in [7, 11) is 0. The van der Waals surface area contributed by atoms with Crippen molar-refractivity contribution in [1.29, 1.82) is 0 Å². The van der Waals surface area contributed by atoms with Crippen LogP contribution in [0.25, 0.3) is 0 Å². The molecule has 0 saturated carbocycles. The molecule has 0 aliphatic rings. The zero-order chi connectivity index (χ0) is 18.6. The highest BCUT2D eigenvalue weighted by Crippen LogP contribution is 2.17. The molecule has 2 aromatic carbocycles. The molecule has 0 spiro atoms. The predicted molar refractivity (Wildman–Crippen MR) is 94.7 cm³/mol. The normalized spacial score (nSPS) is 8.65. The number of aryl methyl sites for hydroxylation is 2. The highest BCUT2D eigenvalue weighted by atomic mass is 35.5. The molecular weight excluding hydrogens is 321 g/mol. The van der Waals surface area contributed by atoms with Gasteiger partial charge in [0, 0.05) is 10.6 Å².